The second kappa shape index (κ2) is 8.82. The number of ether oxygens (including phenoxy) is 1. The molecule has 1 heterocycles. The van der Waals surface area contributed by atoms with Gasteiger partial charge in [-0.2, -0.15) is 0 Å². The Bertz CT molecular complexity index is 901. The average Bonchev–Trinajstić information content (AvgIpc) is 3.07. The summed E-state index contributed by atoms with van der Waals surface area (Å²) in [7, 11) is 0. The summed E-state index contributed by atoms with van der Waals surface area (Å²) in [5.41, 5.74) is 3.73. The summed E-state index contributed by atoms with van der Waals surface area (Å²) in [6.07, 6.45) is 2.63. The van der Waals surface area contributed by atoms with E-state index in [1.54, 1.807) is 0 Å². The normalized spacial score (nSPS) is 10.8. The molecule has 0 aliphatic heterocycles. The molecule has 0 aliphatic rings. The fourth-order valence-electron chi connectivity index (χ4n) is 2.72. The molecule has 1 N–H and O–H groups in total. The summed E-state index contributed by atoms with van der Waals surface area (Å²) in [4.78, 5) is 17.5. The van der Waals surface area contributed by atoms with Gasteiger partial charge in [0.25, 0.3) is 5.91 Å². The zero-order chi connectivity index (χ0) is 19.2. The average molecular weight is 381 g/mol. The minimum absolute atomic E-state index is 0.0339. The summed E-state index contributed by atoms with van der Waals surface area (Å²) < 4.78 is 5.56. The lowest BCUT2D eigenvalue weighted by atomic mass is 10.0. The zero-order valence-electron chi connectivity index (χ0n) is 15.9. The largest absolute Gasteiger partial charge is 0.484 e. The Kier molecular flexibility index (Phi) is 6.24. The van der Waals surface area contributed by atoms with Crippen molar-refractivity contribution < 1.29 is 9.53 Å². The van der Waals surface area contributed by atoms with Gasteiger partial charge in [0.05, 0.1) is 0 Å². The van der Waals surface area contributed by atoms with Crippen LogP contribution in [0, 0.1) is 6.92 Å². The van der Waals surface area contributed by atoms with Crippen molar-refractivity contribution in [3.05, 3.63) is 76.3 Å². The van der Waals surface area contributed by atoms with Gasteiger partial charge in [0.15, 0.2) is 11.7 Å². The van der Waals surface area contributed by atoms with Crippen LogP contribution in [0.15, 0.2) is 54.7 Å². The van der Waals surface area contributed by atoms with Gasteiger partial charge < -0.3 is 4.74 Å². The molecule has 4 nitrogen and oxygen atoms in total. The van der Waals surface area contributed by atoms with Crippen LogP contribution < -0.4 is 10.1 Å². The number of carbonyl (C=O) groups is 1. The Morgan fingerprint density at radius 1 is 1.19 bits per heavy atom. The first-order valence-corrected chi connectivity index (χ1v) is 9.84. The molecular formula is C22H24N2O2S. The lowest BCUT2D eigenvalue weighted by Crippen LogP contribution is -2.19. The van der Waals surface area contributed by atoms with Crippen LogP contribution in [0.2, 0.25) is 0 Å². The molecule has 0 radical (unpaired) electrons. The highest BCUT2D eigenvalue weighted by Crippen LogP contribution is 2.22. The first kappa shape index (κ1) is 19.1. The molecule has 0 saturated heterocycles. The number of anilines is 1. The van der Waals surface area contributed by atoms with Gasteiger partial charge in [-0.05, 0) is 36.1 Å². The van der Waals surface area contributed by atoms with E-state index >= 15 is 0 Å². The number of hydrogen-bond acceptors (Lipinski definition) is 4. The van der Waals surface area contributed by atoms with Crippen molar-refractivity contribution >= 4 is 22.4 Å². The monoisotopic (exact) mass is 380 g/mol. The number of aryl methyl sites for hydroxylation is 1. The smallest absolute Gasteiger partial charge is 0.264 e. The molecule has 0 saturated carbocycles. The molecule has 0 bridgehead atoms. The van der Waals surface area contributed by atoms with E-state index in [9.17, 15) is 4.79 Å². The van der Waals surface area contributed by atoms with Crippen molar-refractivity contribution in [3.63, 3.8) is 0 Å². The highest BCUT2D eigenvalue weighted by Gasteiger charge is 2.09. The quantitative estimate of drug-likeness (QED) is 0.614. The summed E-state index contributed by atoms with van der Waals surface area (Å²) in [5, 5.41) is 3.40. The summed E-state index contributed by atoms with van der Waals surface area (Å²) in [6.45, 7) is 6.33. The van der Waals surface area contributed by atoms with Crippen LogP contribution in [0.3, 0.4) is 0 Å². The Labute approximate surface area is 164 Å². The van der Waals surface area contributed by atoms with Crippen molar-refractivity contribution in [2.45, 2.75) is 33.1 Å². The van der Waals surface area contributed by atoms with Crippen LogP contribution in [0.1, 0.15) is 41.3 Å². The third kappa shape index (κ3) is 5.66. The number of benzene rings is 2. The molecule has 3 rings (SSSR count). The fraction of sp³-hybridized carbons (Fsp3) is 0.273. The molecule has 140 valence electrons. The Hall–Kier alpha value is -2.66. The summed E-state index contributed by atoms with van der Waals surface area (Å²) in [6, 6.07) is 16.2. The van der Waals surface area contributed by atoms with E-state index in [0.29, 0.717) is 16.8 Å². The minimum Gasteiger partial charge on any atom is -0.484 e. The molecule has 5 heteroatoms. The van der Waals surface area contributed by atoms with E-state index in [4.69, 9.17) is 4.74 Å². The van der Waals surface area contributed by atoms with Crippen LogP contribution in [0.25, 0.3) is 0 Å². The molecule has 2 aromatic carbocycles. The molecule has 0 atom stereocenters. The molecular weight excluding hydrogens is 356 g/mol. The number of thiazole rings is 1. The van der Waals surface area contributed by atoms with Gasteiger partial charge in [-0.25, -0.2) is 4.98 Å². The van der Waals surface area contributed by atoms with Crippen molar-refractivity contribution in [2.75, 3.05) is 11.9 Å². The number of nitrogens with zero attached hydrogens (tertiary/aromatic N) is 1. The molecule has 0 fully saturated rings. The van der Waals surface area contributed by atoms with Gasteiger partial charge in [0.1, 0.15) is 5.75 Å². The predicted molar refractivity (Wildman–Crippen MR) is 111 cm³/mol. The first-order valence-electron chi connectivity index (χ1n) is 9.02. The molecule has 1 amide bonds. The van der Waals surface area contributed by atoms with Crippen LogP contribution in [0.5, 0.6) is 5.75 Å². The van der Waals surface area contributed by atoms with Gasteiger partial charge in [-0.15, -0.1) is 11.3 Å². The Morgan fingerprint density at radius 2 is 1.96 bits per heavy atom. The van der Waals surface area contributed by atoms with Gasteiger partial charge in [0.2, 0.25) is 0 Å². The number of amides is 1. The maximum atomic E-state index is 12.1. The number of aromatic nitrogens is 1. The van der Waals surface area contributed by atoms with Crippen molar-refractivity contribution in [1.82, 2.24) is 4.98 Å². The molecule has 27 heavy (non-hydrogen) atoms. The van der Waals surface area contributed by atoms with Crippen molar-refractivity contribution in [3.8, 4) is 5.75 Å². The highest BCUT2D eigenvalue weighted by molar-refractivity contribution is 7.15. The lowest BCUT2D eigenvalue weighted by molar-refractivity contribution is -0.118. The number of nitrogens with one attached hydrogen (secondary N) is 1. The zero-order valence-corrected chi connectivity index (χ0v) is 16.7. The Balaban J connectivity index is 1.50. The van der Waals surface area contributed by atoms with Crippen molar-refractivity contribution in [2.24, 2.45) is 0 Å². The van der Waals surface area contributed by atoms with E-state index in [-0.39, 0.29) is 12.5 Å². The fourth-order valence-corrected chi connectivity index (χ4v) is 3.59. The van der Waals surface area contributed by atoms with Crippen LogP contribution in [-0.2, 0) is 11.2 Å². The molecule has 0 spiro atoms. The van der Waals surface area contributed by atoms with Gasteiger partial charge in [0, 0.05) is 17.5 Å². The van der Waals surface area contributed by atoms with E-state index < -0.39 is 0 Å². The number of rotatable bonds is 7. The molecule has 1 aromatic heterocycles. The molecule has 3 aromatic rings. The van der Waals surface area contributed by atoms with Crippen LogP contribution >= 0.6 is 11.3 Å². The second-order valence-corrected chi connectivity index (χ2v) is 7.97. The van der Waals surface area contributed by atoms with E-state index in [2.05, 4.69) is 55.3 Å². The summed E-state index contributed by atoms with van der Waals surface area (Å²) in [5.74, 6) is 0.953. The Morgan fingerprint density at radius 3 is 2.67 bits per heavy atom. The maximum Gasteiger partial charge on any atom is 0.264 e. The number of hydrogen-bond donors (Lipinski definition) is 1. The minimum atomic E-state index is -0.209. The van der Waals surface area contributed by atoms with Gasteiger partial charge >= 0.3 is 0 Å². The standard InChI is InChI=1S/C22H24N2O2S/c1-15(2)18-7-9-19(10-8-18)26-14-21(25)24-22-23-13-20(27-22)12-17-6-4-5-16(3)11-17/h4-11,13,15H,12,14H2,1-3H3,(H,23,24,25). The van der Waals surface area contributed by atoms with Crippen LogP contribution in [-0.4, -0.2) is 17.5 Å². The number of carbonyl (C=O) groups excluding carboxylic acids is 1. The molecule has 0 aliphatic carbocycles. The SMILES string of the molecule is Cc1cccc(Cc2cnc(NC(=O)COc3ccc(C(C)C)cc3)s2)c1. The summed E-state index contributed by atoms with van der Waals surface area (Å²) >= 11 is 1.49. The van der Waals surface area contributed by atoms with E-state index in [1.807, 2.05) is 30.5 Å². The van der Waals surface area contributed by atoms with Gasteiger partial charge in [-0.3, -0.25) is 10.1 Å². The van der Waals surface area contributed by atoms with E-state index in [0.717, 1.165) is 11.3 Å². The van der Waals surface area contributed by atoms with Crippen LogP contribution in [0.4, 0.5) is 5.13 Å². The maximum absolute atomic E-state index is 12.1. The third-order valence-electron chi connectivity index (χ3n) is 4.18. The van der Waals surface area contributed by atoms with E-state index in [1.165, 1.54) is 28.0 Å². The third-order valence-corrected chi connectivity index (χ3v) is 5.09. The topological polar surface area (TPSA) is 51.2 Å². The first-order chi connectivity index (χ1) is 13.0. The van der Waals surface area contributed by atoms with Crippen molar-refractivity contribution in [1.29, 1.82) is 0 Å². The molecule has 0 unspecified atom stereocenters. The van der Waals surface area contributed by atoms with Gasteiger partial charge in [-0.1, -0.05) is 55.8 Å². The second-order valence-electron chi connectivity index (χ2n) is 6.86. The predicted octanol–water partition coefficient (Wildman–Crippen LogP) is 5.18. The lowest BCUT2D eigenvalue weighted by Gasteiger charge is -2.08. The highest BCUT2D eigenvalue weighted by atomic mass is 32.1.